The molecule has 1 saturated carbocycles. The molecule has 0 bridgehead atoms. The van der Waals surface area contributed by atoms with E-state index in [1.807, 2.05) is 43.3 Å². The van der Waals surface area contributed by atoms with E-state index < -0.39 is 18.0 Å². The van der Waals surface area contributed by atoms with Crippen LogP contribution < -0.4 is 0 Å². The zero-order valence-corrected chi connectivity index (χ0v) is 12.1. The Hall–Kier alpha value is -1.87. The second-order valence-corrected chi connectivity index (χ2v) is 6.00. The van der Waals surface area contributed by atoms with Crippen LogP contribution in [0.2, 0.25) is 0 Å². The highest BCUT2D eigenvalue weighted by Crippen LogP contribution is 2.43. The minimum atomic E-state index is -0.783. The molecule has 0 heterocycles. The first-order chi connectivity index (χ1) is 10.1. The third-order valence-corrected chi connectivity index (χ3v) is 4.78. The fourth-order valence-electron chi connectivity index (χ4n) is 3.68. The van der Waals surface area contributed by atoms with E-state index in [1.54, 1.807) is 0 Å². The predicted molar refractivity (Wildman–Crippen MR) is 82.1 cm³/mol. The van der Waals surface area contributed by atoms with Gasteiger partial charge in [-0.15, -0.1) is 0 Å². The number of benzene rings is 2. The van der Waals surface area contributed by atoms with Crippen LogP contribution in [0.5, 0.6) is 0 Å². The van der Waals surface area contributed by atoms with Gasteiger partial charge in [-0.2, -0.15) is 0 Å². The first kappa shape index (κ1) is 14.1. The van der Waals surface area contributed by atoms with E-state index in [2.05, 4.69) is 0 Å². The summed E-state index contributed by atoms with van der Waals surface area (Å²) in [5.41, 5.74) is 1.92. The number of aliphatic carboxylic acids is 1. The van der Waals surface area contributed by atoms with E-state index in [9.17, 15) is 15.0 Å². The lowest BCUT2D eigenvalue weighted by Crippen LogP contribution is -2.24. The van der Waals surface area contributed by atoms with Gasteiger partial charge in [-0.05, 0) is 41.7 Å². The van der Waals surface area contributed by atoms with Crippen molar-refractivity contribution in [2.45, 2.75) is 32.3 Å². The van der Waals surface area contributed by atoms with Gasteiger partial charge in [-0.1, -0.05) is 42.8 Å². The van der Waals surface area contributed by atoms with Crippen LogP contribution in [0.15, 0.2) is 36.4 Å². The van der Waals surface area contributed by atoms with Crippen molar-refractivity contribution in [3.63, 3.8) is 0 Å². The van der Waals surface area contributed by atoms with E-state index in [-0.39, 0.29) is 5.92 Å². The van der Waals surface area contributed by atoms with Crippen molar-refractivity contribution in [3.05, 3.63) is 47.5 Å². The van der Waals surface area contributed by atoms with E-state index in [0.29, 0.717) is 6.42 Å². The topological polar surface area (TPSA) is 57.5 Å². The van der Waals surface area contributed by atoms with Crippen LogP contribution in [0.4, 0.5) is 0 Å². The molecular formula is C18H20O3. The average Bonchev–Trinajstić information content (AvgIpc) is 2.96. The van der Waals surface area contributed by atoms with Crippen molar-refractivity contribution < 1.29 is 15.0 Å². The quantitative estimate of drug-likeness (QED) is 0.904. The Morgan fingerprint density at radius 3 is 2.71 bits per heavy atom. The molecule has 0 spiro atoms. The van der Waals surface area contributed by atoms with Gasteiger partial charge in [-0.25, -0.2) is 0 Å². The van der Waals surface area contributed by atoms with Gasteiger partial charge in [0.05, 0.1) is 12.0 Å². The Balaban J connectivity index is 2.07. The van der Waals surface area contributed by atoms with Crippen molar-refractivity contribution in [2.75, 3.05) is 0 Å². The number of carboxylic acids is 1. The SMILES string of the molecule is Cc1ccc2ccccc2c1C(O)C1CCCC1C(=O)O. The summed E-state index contributed by atoms with van der Waals surface area (Å²) < 4.78 is 0. The molecule has 3 nitrogen and oxygen atoms in total. The molecule has 2 aromatic rings. The smallest absolute Gasteiger partial charge is 0.306 e. The molecule has 3 unspecified atom stereocenters. The lowest BCUT2D eigenvalue weighted by Gasteiger charge is -2.25. The van der Waals surface area contributed by atoms with E-state index in [4.69, 9.17) is 0 Å². The molecule has 0 aromatic heterocycles. The van der Waals surface area contributed by atoms with Gasteiger partial charge in [0, 0.05) is 5.92 Å². The molecule has 3 heteroatoms. The van der Waals surface area contributed by atoms with Crippen LogP contribution in [-0.2, 0) is 4.79 Å². The number of aliphatic hydroxyl groups is 1. The molecule has 0 aliphatic heterocycles. The fourth-order valence-corrected chi connectivity index (χ4v) is 3.68. The number of aliphatic hydroxyl groups excluding tert-OH is 1. The monoisotopic (exact) mass is 284 g/mol. The van der Waals surface area contributed by atoms with Crippen molar-refractivity contribution in [1.82, 2.24) is 0 Å². The summed E-state index contributed by atoms with van der Waals surface area (Å²) in [7, 11) is 0. The minimum Gasteiger partial charge on any atom is -0.481 e. The maximum absolute atomic E-state index is 11.4. The highest BCUT2D eigenvalue weighted by atomic mass is 16.4. The van der Waals surface area contributed by atoms with Gasteiger partial charge >= 0.3 is 5.97 Å². The molecule has 1 aliphatic rings. The van der Waals surface area contributed by atoms with Crippen molar-refractivity contribution in [3.8, 4) is 0 Å². The number of rotatable bonds is 3. The number of carbonyl (C=O) groups is 1. The molecule has 1 fully saturated rings. The molecule has 0 amide bonds. The van der Waals surface area contributed by atoms with Crippen LogP contribution in [0.3, 0.4) is 0 Å². The lowest BCUT2D eigenvalue weighted by molar-refractivity contribution is -0.144. The highest BCUT2D eigenvalue weighted by Gasteiger charge is 2.38. The second-order valence-electron chi connectivity index (χ2n) is 6.00. The van der Waals surface area contributed by atoms with Gasteiger partial charge in [0.15, 0.2) is 0 Å². The predicted octanol–water partition coefficient (Wildman–Crippen LogP) is 3.68. The molecular weight excluding hydrogens is 264 g/mol. The van der Waals surface area contributed by atoms with E-state index >= 15 is 0 Å². The molecule has 21 heavy (non-hydrogen) atoms. The van der Waals surface area contributed by atoms with Crippen LogP contribution in [0, 0.1) is 18.8 Å². The maximum Gasteiger partial charge on any atom is 0.306 e. The number of fused-ring (bicyclic) bond motifs is 1. The summed E-state index contributed by atoms with van der Waals surface area (Å²) in [6.45, 7) is 1.98. The largest absolute Gasteiger partial charge is 0.481 e. The molecule has 3 rings (SSSR count). The van der Waals surface area contributed by atoms with Gasteiger partial charge < -0.3 is 10.2 Å². The minimum absolute atomic E-state index is 0.188. The summed E-state index contributed by atoms with van der Waals surface area (Å²) in [5.74, 6) is -1.40. The van der Waals surface area contributed by atoms with Crippen molar-refractivity contribution in [1.29, 1.82) is 0 Å². The first-order valence-electron chi connectivity index (χ1n) is 7.48. The van der Waals surface area contributed by atoms with E-state index in [1.165, 1.54) is 0 Å². The van der Waals surface area contributed by atoms with Crippen molar-refractivity contribution >= 4 is 16.7 Å². The Kier molecular flexibility index (Phi) is 3.68. The van der Waals surface area contributed by atoms with Crippen LogP contribution in [-0.4, -0.2) is 16.2 Å². The van der Waals surface area contributed by atoms with Crippen LogP contribution in [0.25, 0.3) is 10.8 Å². The van der Waals surface area contributed by atoms with Crippen LogP contribution >= 0.6 is 0 Å². The number of hydrogen-bond donors (Lipinski definition) is 2. The fraction of sp³-hybridized carbons (Fsp3) is 0.389. The Morgan fingerprint density at radius 2 is 1.95 bits per heavy atom. The highest BCUT2D eigenvalue weighted by molar-refractivity contribution is 5.87. The normalized spacial score (nSPS) is 23.3. The van der Waals surface area contributed by atoms with E-state index in [0.717, 1.165) is 34.7 Å². The summed E-state index contributed by atoms with van der Waals surface area (Å²) >= 11 is 0. The zero-order valence-electron chi connectivity index (χ0n) is 12.1. The Morgan fingerprint density at radius 1 is 1.19 bits per heavy atom. The van der Waals surface area contributed by atoms with Gasteiger partial charge in [0.1, 0.15) is 0 Å². The molecule has 0 saturated heterocycles. The third kappa shape index (κ3) is 2.42. The van der Waals surface area contributed by atoms with Gasteiger partial charge in [0.2, 0.25) is 0 Å². The number of aryl methyl sites for hydroxylation is 1. The molecule has 2 aromatic carbocycles. The molecule has 3 atom stereocenters. The summed E-state index contributed by atoms with van der Waals surface area (Å²) in [4.78, 5) is 11.4. The maximum atomic E-state index is 11.4. The summed E-state index contributed by atoms with van der Waals surface area (Å²) in [6, 6.07) is 12.0. The summed E-state index contributed by atoms with van der Waals surface area (Å²) in [6.07, 6.45) is 1.61. The van der Waals surface area contributed by atoms with Crippen LogP contribution in [0.1, 0.15) is 36.5 Å². The molecule has 1 aliphatic carbocycles. The number of hydrogen-bond acceptors (Lipinski definition) is 2. The summed E-state index contributed by atoms with van der Waals surface area (Å²) in [5, 5.41) is 22.3. The molecule has 2 N–H and O–H groups in total. The van der Waals surface area contributed by atoms with Gasteiger partial charge in [-0.3, -0.25) is 4.79 Å². The first-order valence-corrected chi connectivity index (χ1v) is 7.48. The molecule has 110 valence electrons. The van der Waals surface area contributed by atoms with Crippen molar-refractivity contribution in [2.24, 2.45) is 11.8 Å². The van der Waals surface area contributed by atoms with Gasteiger partial charge in [0.25, 0.3) is 0 Å². The standard InChI is InChI=1S/C18H20O3/c1-11-9-10-12-5-2-3-6-13(12)16(11)17(19)14-7-4-8-15(14)18(20)21/h2-3,5-6,9-10,14-15,17,19H,4,7-8H2,1H3,(H,20,21). The zero-order chi connectivity index (χ0) is 15.0. The Bertz CT molecular complexity index is 677. The second kappa shape index (κ2) is 5.49. The average molecular weight is 284 g/mol. The Labute approximate surface area is 124 Å². The third-order valence-electron chi connectivity index (χ3n) is 4.78. The lowest BCUT2D eigenvalue weighted by atomic mass is 9.83. The molecule has 0 radical (unpaired) electrons. The number of carboxylic acid groups (broad SMARTS) is 1.